The van der Waals surface area contributed by atoms with Crippen molar-refractivity contribution in [3.8, 4) is 0 Å². The van der Waals surface area contributed by atoms with Gasteiger partial charge >= 0.3 is 18.2 Å². The monoisotopic (exact) mass is 520 g/mol. The van der Waals surface area contributed by atoms with Crippen LogP contribution in [-0.2, 0) is 14.3 Å². The van der Waals surface area contributed by atoms with E-state index in [1.54, 1.807) is 18.2 Å². The second-order valence-corrected chi connectivity index (χ2v) is 8.34. The summed E-state index contributed by atoms with van der Waals surface area (Å²) >= 11 is 12.0. The molecular formula is C23H25Cl2F3N2O4. The third-order valence-electron chi connectivity index (χ3n) is 5.19. The van der Waals surface area contributed by atoms with Gasteiger partial charge in [-0.3, -0.25) is 4.90 Å². The molecule has 2 unspecified atom stereocenters. The van der Waals surface area contributed by atoms with E-state index in [9.17, 15) is 22.8 Å². The van der Waals surface area contributed by atoms with E-state index in [2.05, 4.69) is 21.0 Å². The van der Waals surface area contributed by atoms with E-state index in [4.69, 9.17) is 23.2 Å². The highest BCUT2D eigenvalue weighted by Gasteiger charge is 2.50. The molecule has 2 rings (SSSR count). The molecule has 1 aliphatic heterocycles. The minimum Gasteiger partial charge on any atom is -0.466 e. The number of ether oxygens (including phenoxy) is 2. The van der Waals surface area contributed by atoms with Crippen LogP contribution in [0.5, 0.6) is 0 Å². The predicted octanol–water partition coefficient (Wildman–Crippen LogP) is 5.49. The van der Waals surface area contributed by atoms with E-state index in [0.29, 0.717) is 23.1 Å². The largest absolute Gasteiger partial charge is 0.466 e. The van der Waals surface area contributed by atoms with Crippen molar-refractivity contribution in [2.75, 3.05) is 33.3 Å². The number of alkyl halides is 3. The average Bonchev–Trinajstić information content (AvgIpc) is 2.81. The van der Waals surface area contributed by atoms with Gasteiger partial charge in [0.2, 0.25) is 0 Å². The molecule has 0 aromatic heterocycles. The fourth-order valence-corrected chi connectivity index (χ4v) is 3.66. The SMILES string of the molecule is C=C/C(Cl)=C\C=C(/C)C(c1ccc(Cl)cc1)N1CCN(C(=O)OC(C(=O)OC)C(F)(F)F)CC1. The average molecular weight is 521 g/mol. The van der Waals surface area contributed by atoms with Crippen LogP contribution in [0.4, 0.5) is 18.0 Å². The second kappa shape index (κ2) is 12.3. The number of hydrogen-bond acceptors (Lipinski definition) is 5. The number of methoxy groups -OCH3 is 1. The summed E-state index contributed by atoms with van der Waals surface area (Å²) in [5, 5.41) is 1.04. The van der Waals surface area contributed by atoms with Crippen LogP contribution in [0.15, 0.2) is 59.7 Å². The quantitative estimate of drug-likeness (QED) is 0.351. The van der Waals surface area contributed by atoms with E-state index < -0.39 is 24.3 Å². The molecule has 0 radical (unpaired) electrons. The van der Waals surface area contributed by atoms with Gasteiger partial charge in [-0.25, -0.2) is 9.59 Å². The highest BCUT2D eigenvalue weighted by atomic mass is 35.5. The number of allylic oxidation sites excluding steroid dienone is 4. The Labute approximate surface area is 206 Å². The van der Waals surface area contributed by atoms with Gasteiger partial charge in [0.1, 0.15) is 0 Å². The number of esters is 1. The van der Waals surface area contributed by atoms with Crippen LogP contribution < -0.4 is 0 Å². The smallest absolute Gasteiger partial charge is 0.436 e. The molecule has 186 valence electrons. The molecule has 0 spiro atoms. The Bertz CT molecular complexity index is 941. The summed E-state index contributed by atoms with van der Waals surface area (Å²) in [6, 6.07) is 7.10. The molecule has 0 bridgehead atoms. The first kappa shape index (κ1) is 27.8. The molecule has 34 heavy (non-hydrogen) atoms. The summed E-state index contributed by atoms with van der Waals surface area (Å²) in [6.07, 6.45) is -4.21. The zero-order valence-corrected chi connectivity index (χ0v) is 20.2. The van der Waals surface area contributed by atoms with Crippen LogP contribution in [0.1, 0.15) is 18.5 Å². The van der Waals surface area contributed by atoms with E-state index in [0.717, 1.165) is 23.1 Å². The molecule has 6 nitrogen and oxygen atoms in total. The molecule has 11 heteroatoms. The van der Waals surface area contributed by atoms with Gasteiger partial charge in [0, 0.05) is 36.2 Å². The Hall–Kier alpha value is -2.49. The Morgan fingerprint density at radius 2 is 1.71 bits per heavy atom. The van der Waals surface area contributed by atoms with Crippen LogP contribution >= 0.6 is 23.2 Å². The van der Waals surface area contributed by atoms with Crippen LogP contribution in [-0.4, -0.2) is 67.4 Å². The molecule has 1 saturated heterocycles. The second-order valence-electron chi connectivity index (χ2n) is 7.47. The van der Waals surface area contributed by atoms with Crippen LogP contribution in [0.3, 0.4) is 0 Å². The van der Waals surface area contributed by atoms with Crippen molar-refractivity contribution in [3.05, 3.63) is 70.3 Å². The minimum atomic E-state index is -5.08. The van der Waals surface area contributed by atoms with E-state index >= 15 is 0 Å². The third-order valence-corrected chi connectivity index (χ3v) is 5.72. The molecular weight excluding hydrogens is 496 g/mol. The molecule has 0 N–H and O–H groups in total. The maximum Gasteiger partial charge on any atom is 0.436 e. The van der Waals surface area contributed by atoms with Crippen molar-refractivity contribution < 1.29 is 32.2 Å². The first-order valence-electron chi connectivity index (χ1n) is 10.2. The Morgan fingerprint density at radius 3 is 2.21 bits per heavy atom. The number of carbonyl (C=O) groups is 2. The summed E-state index contributed by atoms with van der Waals surface area (Å²) in [5.41, 5.74) is 1.89. The van der Waals surface area contributed by atoms with E-state index in [-0.39, 0.29) is 19.1 Å². The minimum absolute atomic E-state index is 0.102. The normalized spacial score (nSPS) is 17.7. The van der Waals surface area contributed by atoms with Crippen LogP contribution in [0, 0.1) is 0 Å². The molecule has 1 aromatic carbocycles. The lowest BCUT2D eigenvalue weighted by Gasteiger charge is -2.39. The van der Waals surface area contributed by atoms with Crippen LogP contribution in [0.2, 0.25) is 5.02 Å². The number of nitrogens with zero attached hydrogens (tertiary/aromatic N) is 2. The molecule has 0 saturated carbocycles. The Balaban J connectivity index is 2.17. The van der Waals surface area contributed by atoms with Crippen molar-refractivity contribution >= 4 is 35.3 Å². The van der Waals surface area contributed by atoms with Crippen molar-refractivity contribution in [2.45, 2.75) is 25.2 Å². The summed E-state index contributed by atoms with van der Waals surface area (Å²) in [6.45, 7) is 6.44. The first-order chi connectivity index (χ1) is 16.0. The molecule has 1 aliphatic rings. The van der Waals surface area contributed by atoms with Crippen molar-refractivity contribution in [1.82, 2.24) is 9.80 Å². The Kier molecular flexibility index (Phi) is 10.0. The summed E-state index contributed by atoms with van der Waals surface area (Å²) in [5.74, 6) is -1.69. The molecule has 1 amide bonds. The number of amides is 1. The fraction of sp³-hybridized carbons (Fsp3) is 0.391. The highest BCUT2D eigenvalue weighted by Crippen LogP contribution is 2.31. The van der Waals surface area contributed by atoms with Gasteiger partial charge in [0.05, 0.1) is 13.2 Å². The van der Waals surface area contributed by atoms with E-state index in [1.165, 1.54) is 6.08 Å². The van der Waals surface area contributed by atoms with Crippen molar-refractivity contribution in [2.24, 2.45) is 0 Å². The summed E-state index contributed by atoms with van der Waals surface area (Å²) in [4.78, 5) is 27.0. The van der Waals surface area contributed by atoms with Crippen LogP contribution in [0.25, 0.3) is 0 Å². The summed E-state index contributed by atoms with van der Waals surface area (Å²) in [7, 11) is 0.790. The van der Waals surface area contributed by atoms with Gasteiger partial charge in [-0.1, -0.05) is 59.6 Å². The lowest BCUT2D eigenvalue weighted by molar-refractivity contribution is -0.217. The Morgan fingerprint density at radius 1 is 1.12 bits per heavy atom. The van der Waals surface area contributed by atoms with Crippen molar-refractivity contribution in [1.29, 1.82) is 0 Å². The predicted molar refractivity (Wildman–Crippen MR) is 124 cm³/mol. The number of hydrogen-bond donors (Lipinski definition) is 0. The van der Waals surface area contributed by atoms with Gasteiger partial charge < -0.3 is 14.4 Å². The lowest BCUT2D eigenvalue weighted by Crippen LogP contribution is -2.52. The standard InChI is InChI=1S/C23H25Cl2F3N2O4/c1-4-17(24)8-5-15(2)19(16-6-9-18(25)10-7-16)29-11-13-30(14-12-29)22(32)34-20(21(31)33-3)23(26,27)28/h4-10,19-20H,1,11-14H2,2-3H3/b15-5+,17-8+. The maximum absolute atomic E-state index is 13.1. The van der Waals surface area contributed by atoms with Gasteiger partial charge in [-0.15, -0.1) is 0 Å². The summed E-state index contributed by atoms with van der Waals surface area (Å²) < 4.78 is 47.8. The van der Waals surface area contributed by atoms with Gasteiger partial charge in [0.15, 0.2) is 0 Å². The first-order valence-corrected chi connectivity index (χ1v) is 11.0. The maximum atomic E-state index is 13.1. The third kappa shape index (κ3) is 7.51. The zero-order chi connectivity index (χ0) is 25.5. The van der Waals surface area contributed by atoms with Crippen molar-refractivity contribution in [3.63, 3.8) is 0 Å². The fourth-order valence-electron chi connectivity index (χ4n) is 3.47. The molecule has 2 atom stereocenters. The number of halogens is 5. The number of benzene rings is 1. The number of rotatable bonds is 7. The topological polar surface area (TPSA) is 59.1 Å². The molecule has 1 heterocycles. The van der Waals surface area contributed by atoms with Gasteiger partial charge in [-0.05, 0) is 30.7 Å². The highest BCUT2D eigenvalue weighted by molar-refractivity contribution is 6.31. The zero-order valence-electron chi connectivity index (χ0n) is 18.6. The molecule has 1 aromatic rings. The molecule has 0 aliphatic carbocycles. The number of piperazine rings is 1. The van der Waals surface area contributed by atoms with E-state index in [1.807, 2.05) is 25.1 Å². The van der Waals surface area contributed by atoms with Gasteiger partial charge in [0.25, 0.3) is 6.10 Å². The van der Waals surface area contributed by atoms with Gasteiger partial charge in [-0.2, -0.15) is 13.2 Å². The lowest BCUT2D eigenvalue weighted by atomic mass is 9.97. The number of carbonyl (C=O) groups excluding carboxylic acids is 2. The molecule has 1 fully saturated rings.